The molecule has 0 saturated heterocycles. The molecule has 0 spiro atoms. The van der Waals surface area contributed by atoms with Gasteiger partial charge in [-0.1, -0.05) is 29.8 Å². The maximum atomic E-state index is 4.89. The zero-order valence-corrected chi connectivity index (χ0v) is 14.3. The van der Waals surface area contributed by atoms with Crippen molar-refractivity contribution in [2.24, 2.45) is 0 Å². The number of hydrogen-bond donors (Lipinski definition) is 1. The summed E-state index contributed by atoms with van der Waals surface area (Å²) in [6.07, 6.45) is 1.03. The molecule has 1 aromatic carbocycles. The van der Waals surface area contributed by atoms with E-state index < -0.39 is 0 Å². The lowest BCUT2D eigenvalue weighted by Crippen LogP contribution is -2.27. The van der Waals surface area contributed by atoms with Gasteiger partial charge in [-0.3, -0.25) is 0 Å². The summed E-state index contributed by atoms with van der Waals surface area (Å²) in [7, 11) is 0. The lowest BCUT2D eigenvalue weighted by atomic mass is 9.97. The highest BCUT2D eigenvalue weighted by Gasteiger charge is 2.20. The van der Waals surface area contributed by atoms with Crippen LogP contribution in [-0.4, -0.2) is 16.5 Å². The maximum absolute atomic E-state index is 4.89. The summed E-state index contributed by atoms with van der Waals surface area (Å²) in [5.74, 6) is 1.28. The Balaban J connectivity index is 2.17. The van der Waals surface area contributed by atoms with Crippen molar-refractivity contribution in [1.29, 1.82) is 0 Å². The first-order valence-electron chi connectivity index (χ1n) is 7.43. The third kappa shape index (κ3) is 2.87. The SMILES string of the molecule is Cc1cc(Br)ccc1-c1nc2c(c(C(C)C)n1)CCNC2. The van der Waals surface area contributed by atoms with Gasteiger partial charge >= 0.3 is 0 Å². The highest BCUT2D eigenvalue weighted by molar-refractivity contribution is 9.10. The quantitative estimate of drug-likeness (QED) is 0.894. The van der Waals surface area contributed by atoms with Crippen LogP contribution in [0.25, 0.3) is 11.4 Å². The maximum Gasteiger partial charge on any atom is 0.159 e. The molecular formula is C17H20BrN3. The molecule has 0 aliphatic carbocycles. The molecule has 0 fully saturated rings. The lowest BCUT2D eigenvalue weighted by Gasteiger charge is -2.22. The van der Waals surface area contributed by atoms with Crippen molar-refractivity contribution in [2.45, 2.75) is 39.7 Å². The van der Waals surface area contributed by atoms with Crippen molar-refractivity contribution in [1.82, 2.24) is 15.3 Å². The third-order valence-electron chi connectivity index (χ3n) is 3.95. The molecule has 0 amide bonds. The van der Waals surface area contributed by atoms with Gasteiger partial charge in [0.15, 0.2) is 5.82 Å². The molecule has 0 saturated carbocycles. The number of hydrogen-bond acceptors (Lipinski definition) is 3. The van der Waals surface area contributed by atoms with E-state index >= 15 is 0 Å². The second-order valence-corrected chi connectivity index (χ2v) is 6.81. The summed E-state index contributed by atoms with van der Waals surface area (Å²) in [5, 5.41) is 3.41. The summed E-state index contributed by atoms with van der Waals surface area (Å²) in [5.41, 5.74) is 6.04. The van der Waals surface area contributed by atoms with Gasteiger partial charge in [0.05, 0.1) is 11.4 Å². The molecule has 1 N–H and O–H groups in total. The van der Waals surface area contributed by atoms with E-state index in [-0.39, 0.29) is 0 Å². The Labute approximate surface area is 134 Å². The Hall–Kier alpha value is -1.26. The molecule has 1 aliphatic heterocycles. The van der Waals surface area contributed by atoms with Gasteiger partial charge in [-0.05, 0) is 55.1 Å². The van der Waals surface area contributed by atoms with Crippen LogP contribution in [0.2, 0.25) is 0 Å². The van der Waals surface area contributed by atoms with Crippen LogP contribution in [0.15, 0.2) is 22.7 Å². The number of halogens is 1. The van der Waals surface area contributed by atoms with Gasteiger partial charge in [0.1, 0.15) is 0 Å². The number of aromatic nitrogens is 2. The number of nitrogens with one attached hydrogen (secondary N) is 1. The average molecular weight is 346 g/mol. The molecule has 21 heavy (non-hydrogen) atoms. The van der Waals surface area contributed by atoms with Gasteiger partial charge in [-0.15, -0.1) is 0 Å². The van der Waals surface area contributed by atoms with E-state index in [1.54, 1.807) is 0 Å². The molecule has 0 bridgehead atoms. The number of benzene rings is 1. The van der Waals surface area contributed by atoms with E-state index in [0.717, 1.165) is 41.1 Å². The highest BCUT2D eigenvalue weighted by atomic mass is 79.9. The molecule has 3 nitrogen and oxygen atoms in total. The van der Waals surface area contributed by atoms with E-state index in [2.05, 4.69) is 60.2 Å². The van der Waals surface area contributed by atoms with Gasteiger partial charge in [-0.25, -0.2) is 9.97 Å². The number of nitrogens with zero attached hydrogens (tertiary/aromatic N) is 2. The first-order chi connectivity index (χ1) is 10.1. The van der Waals surface area contributed by atoms with E-state index in [1.165, 1.54) is 16.8 Å². The number of rotatable bonds is 2. The fourth-order valence-corrected chi connectivity index (χ4v) is 3.34. The fourth-order valence-electron chi connectivity index (χ4n) is 2.86. The third-order valence-corrected chi connectivity index (χ3v) is 4.44. The summed E-state index contributed by atoms with van der Waals surface area (Å²) in [4.78, 5) is 9.72. The Morgan fingerprint density at radius 2 is 2.05 bits per heavy atom. The van der Waals surface area contributed by atoms with Gasteiger partial charge < -0.3 is 5.32 Å². The van der Waals surface area contributed by atoms with Crippen LogP contribution in [0.1, 0.15) is 42.3 Å². The zero-order valence-electron chi connectivity index (χ0n) is 12.7. The average Bonchev–Trinajstić information content (AvgIpc) is 2.46. The van der Waals surface area contributed by atoms with Crippen molar-refractivity contribution in [3.05, 3.63) is 45.2 Å². The van der Waals surface area contributed by atoms with Gasteiger partial charge in [0, 0.05) is 16.6 Å². The molecular weight excluding hydrogens is 326 g/mol. The standard InChI is InChI=1S/C17H20BrN3/c1-10(2)16-14-6-7-19-9-15(14)20-17(21-16)13-5-4-12(18)8-11(13)3/h4-5,8,10,19H,6-7,9H2,1-3H3. The first-order valence-corrected chi connectivity index (χ1v) is 8.22. The van der Waals surface area contributed by atoms with Crippen LogP contribution >= 0.6 is 15.9 Å². The fraction of sp³-hybridized carbons (Fsp3) is 0.412. The van der Waals surface area contributed by atoms with Crippen LogP contribution in [0.4, 0.5) is 0 Å². The minimum Gasteiger partial charge on any atom is -0.311 e. The molecule has 4 heteroatoms. The minimum absolute atomic E-state index is 0.425. The lowest BCUT2D eigenvalue weighted by molar-refractivity contribution is 0.609. The second kappa shape index (κ2) is 5.85. The second-order valence-electron chi connectivity index (χ2n) is 5.90. The molecule has 110 valence electrons. The Morgan fingerprint density at radius 1 is 1.24 bits per heavy atom. The van der Waals surface area contributed by atoms with Crippen LogP contribution in [0.5, 0.6) is 0 Å². The molecule has 0 atom stereocenters. The predicted molar refractivity (Wildman–Crippen MR) is 89.4 cm³/mol. The number of fused-ring (bicyclic) bond motifs is 1. The van der Waals surface area contributed by atoms with Crippen molar-refractivity contribution < 1.29 is 0 Å². The van der Waals surface area contributed by atoms with Gasteiger partial charge in [0.2, 0.25) is 0 Å². The van der Waals surface area contributed by atoms with Crippen LogP contribution in [0.3, 0.4) is 0 Å². The van der Waals surface area contributed by atoms with Crippen LogP contribution < -0.4 is 5.32 Å². The van der Waals surface area contributed by atoms with E-state index in [9.17, 15) is 0 Å². The van der Waals surface area contributed by atoms with Crippen LogP contribution in [-0.2, 0) is 13.0 Å². The summed E-state index contributed by atoms with van der Waals surface area (Å²) < 4.78 is 1.09. The topological polar surface area (TPSA) is 37.8 Å². The largest absolute Gasteiger partial charge is 0.311 e. The summed E-state index contributed by atoms with van der Waals surface area (Å²) in [6.45, 7) is 8.40. The predicted octanol–water partition coefficient (Wildman–Crippen LogP) is 3.98. The smallest absolute Gasteiger partial charge is 0.159 e. The monoisotopic (exact) mass is 345 g/mol. The minimum atomic E-state index is 0.425. The van der Waals surface area contributed by atoms with E-state index in [4.69, 9.17) is 9.97 Å². The van der Waals surface area contributed by atoms with Crippen molar-refractivity contribution in [2.75, 3.05) is 6.54 Å². The van der Waals surface area contributed by atoms with Crippen LogP contribution in [0, 0.1) is 6.92 Å². The molecule has 3 rings (SSSR count). The van der Waals surface area contributed by atoms with E-state index in [0.29, 0.717) is 5.92 Å². The first kappa shape index (κ1) is 14.7. The van der Waals surface area contributed by atoms with Crippen molar-refractivity contribution in [3.8, 4) is 11.4 Å². The molecule has 1 aromatic heterocycles. The summed E-state index contributed by atoms with van der Waals surface area (Å²) >= 11 is 3.52. The molecule has 0 radical (unpaired) electrons. The molecule has 0 unspecified atom stereocenters. The Bertz CT molecular complexity index is 680. The van der Waals surface area contributed by atoms with Gasteiger partial charge in [-0.2, -0.15) is 0 Å². The van der Waals surface area contributed by atoms with E-state index in [1.807, 2.05) is 0 Å². The molecule has 1 aliphatic rings. The normalized spacial score (nSPS) is 14.3. The highest BCUT2D eigenvalue weighted by Crippen LogP contribution is 2.28. The Kier molecular flexibility index (Phi) is 4.09. The zero-order chi connectivity index (χ0) is 15.0. The van der Waals surface area contributed by atoms with Crippen molar-refractivity contribution in [3.63, 3.8) is 0 Å². The number of aryl methyl sites for hydroxylation is 1. The van der Waals surface area contributed by atoms with Gasteiger partial charge in [0.25, 0.3) is 0 Å². The Morgan fingerprint density at radius 3 is 2.76 bits per heavy atom. The van der Waals surface area contributed by atoms with Crippen molar-refractivity contribution >= 4 is 15.9 Å². The summed E-state index contributed by atoms with van der Waals surface area (Å²) in [6, 6.07) is 6.27. The molecule has 2 aromatic rings. The molecule has 2 heterocycles.